The minimum Gasteiger partial charge on any atom is -0.302 e. The first-order valence-electron chi connectivity index (χ1n) is 9.53. The fourth-order valence-electron chi connectivity index (χ4n) is 4.85. The summed E-state index contributed by atoms with van der Waals surface area (Å²) in [7, 11) is 0. The Hall–Kier alpha value is -2.05. The fourth-order valence-corrected chi connectivity index (χ4v) is 5.60. The molecule has 1 saturated heterocycles. The van der Waals surface area contributed by atoms with Gasteiger partial charge in [0.05, 0.1) is 0 Å². The Morgan fingerprint density at radius 2 is 2.07 bits per heavy atom. The molecule has 140 valence electrons. The highest BCUT2D eigenvalue weighted by molar-refractivity contribution is 7.15. The Morgan fingerprint density at radius 1 is 1.26 bits per heavy atom. The van der Waals surface area contributed by atoms with Gasteiger partial charge in [0.15, 0.2) is 4.96 Å². The topological polar surface area (TPSA) is 37.6 Å². The maximum atomic E-state index is 13.2. The highest BCUT2D eigenvalue weighted by Crippen LogP contribution is 2.51. The Bertz CT molecular complexity index is 1040. The van der Waals surface area contributed by atoms with Crippen molar-refractivity contribution in [2.24, 2.45) is 11.8 Å². The van der Waals surface area contributed by atoms with Gasteiger partial charge in [-0.3, -0.25) is 9.20 Å². The number of thiazole rings is 1. The van der Waals surface area contributed by atoms with E-state index in [9.17, 15) is 9.18 Å². The van der Waals surface area contributed by atoms with Crippen LogP contribution in [0.15, 0.2) is 40.6 Å². The van der Waals surface area contributed by atoms with Gasteiger partial charge in [-0.05, 0) is 55.2 Å². The van der Waals surface area contributed by atoms with Gasteiger partial charge in [0, 0.05) is 42.5 Å². The molecule has 1 aliphatic carbocycles. The van der Waals surface area contributed by atoms with E-state index in [0.717, 1.165) is 48.2 Å². The number of hydrogen-bond donors (Lipinski definition) is 0. The standard InChI is InChI=1S/C21H22FN3OS/c1-13-17(20(26)25-8-9-27-21(25)23-13)6-7-24-11-15-10-18(19(15)12-24)14-2-4-16(22)5-3-14/h2-5,8-9,15,18-19H,6-7,10-12H2,1H3/t15?,18-,19?/m0/s1. The van der Waals surface area contributed by atoms with Gasteiger partial charge in [0.1, 0.15) is 5.82 Å². The van der Waals surface area contributed by atoms with E-state index >= 15 is 0 Å². The van der Waals surface area contributed by atoms with Crippen molar-refractivity contribution in [2.75, 3.05) is 19.6 Å². The maximum Gasteiger partial charge on any atom is 0.261 e. The van der Waals surface area contributed by atoms with Crippen LogP contribution in [-0.4, -0.2) is 33.9 Å². The maximum absolute atomic E-state index is 13.2. The summed E-state index contributed by atoms with van der Waals surface area (Å²) in [6, 6.07) is 7.01. The summed E-state index contributed by atoms with van der Waals surface area (Å²) in [5.41, 5.74) is 3.03. The molecule has 5 rings (SSSR count). The van der Waals surface area contributed by atoms with Gasteiger partial charge in [-0.15, -0.1) is 11.3 Å². The van der Waals surface area contributed by atoms with E-state index < -0.39 is 0 Å². The highest BCUT2D eigenvalue weighted by Gasteiger charge is 2.47. The van der Waals surface area contributed by atoms with E-state index in [1.165, 1.54) is 23.3 Å². The van der Waals surface area contributed by atoms with Gasteiger partial charge < -0.3 is 4.90 Å². The first-order chi connectivity index (χ1) is 13.1. The minimum atomic E-state index is -0.166. The largest absolute Gasteiger partial charge is 0.302 e. The molecule has 2 aliphatic rings. The average molecular weight is 383 g/mol. The van der Waals surface area contributed by atoms with Gasteiger partial charge >= 0.3 is 0 Å². The Balaban J connectivity index is 1.26. The summed E-state index contributed by atoms with van der Waals surface area (Å²) in [6.07, 6.45) is 3.75. The quantitative estimate of drug-likeness (QED) is 0.692. The molecule has 0 bridgehead atoms. The molecule has 3 atom stereocenters. The van der Waals surface area contributed by atoms with Gasteiger partial charge in [0.25, 0.3) is 5.56 Å². The molecule has 2 aromatic heterocycles. The fraction of sp³-hybridized carbons (Fsp3) is 0.429. The second kappa shape index (κ2) is 6.53. The van der Waals surface area contributed by atoms with Crippen LogP contribution >= 0.6 is 11.3 Å². The van der Waals surface area contributed by atoms with Gasteiger partial charge in [-0.25, -0.2) is 9.37 Å². The number of nitrogens with zero attached hydrogens (tertiary/aromatic N) is 3. The summed E-state index contributed by atoms with van der Waals surface area (Å²) in [6.45, 7) is 5.02. The van der Waals surface area contributed by atoms with Crippen molar-refractivity contribution in [3.63, 3.8) is 0 Å². The van der Waals surface area contributed by atoms with E-state index in [1.54, 1.807) is 16.5 Å². The number of aryl methyl sites for hydroxylation is 1. The molecule has 6 heteroatoms. The zero-order chi connectivity index (χ0) is 18.5. The number of rotatable bonds is 4. The van der Waals surface area contributed by atoms with E-state index in [2.05, 4.69) is 9.88 Å². The number of aromatic nitrogens is 2. The normalized spacial score (nSPS) is 24.9. The molecule has 1 saturated carbocycles. The van der Waals surface area contributed by atoms with Gasteiger partial charge in [-0.2, -0.15) is 0 Å². The number of fused-ring (bicyclic) bond motifs is 2. The van der Waals surface area contributed by atoms with E-state index in [1.807, 2.05) is 30.6 Å². The zero-order valence-corrected chi connectivity index (χ0v) is 16.1. The van der Waals surface area contributed by atoms with Crippen LogP contribution < -0.4 is 5.56 Å². The molecular weight excluding hydrogens is 361 g/mol. The van der Waals surface area contributed by atoms with Gasteiger partial charge in [0.2, 0.25) is 0 Å². The average Bonchev–Trinajstić information content (AvgIpc) is 3.22. The van der Waals surface area contributed by atoms with Crippen LogP contribution in [0, 0.1) is 24.6 Å². The lowest BCUT2D eigenvalue weighted by atomic mass is 9.64. The predicted molar refractivity (Wildman–Crippen MR) is 105 cm³/mol. The van der Waals surface area contributed by atoms with E-state index in [-0.39, 0.29) is 11.4 Å². The van der Waals surface area contributed by atoms with Crippen molar-refractivity contribution in [1.29, 1.82) is 0 Å². The lowest BCUT2D eigenvalue weighted by Crippen LogP contribution is -2.33. The number of benzene rings is 1. The Kier molecular flexibility index (Phi) is 4.13. The summed E-state index contributed by atoms with van der Waals surface area (Å²) in [5.74, 6) is 1.78. The van der Waals surface area contributed by atoms with Crippen LogP contribution in [-0.2, 0) is 6.42 Å². The molecule has 0 N–H and O–H groups in total. The first-order valence-corrected chi connectivity index (χ1v) is 10.4. The number of halogens is 1. The second-order valence-electron chi connectivity index (χ2n) is 7.86. The summed E-state index contributed by atoms with van der Waals surface area (Å²) in [5, 5.41) is 1.90. The van der Waals surface area contributed by atoms with Crippen molar-refractivity contribution in [1.82, 2.24) is 14.3 Å². The third kappa shape index (κ3) is 2.91. The molecule has 0 spiro atoms. The molecule has 27 heavy (non-hydrogen) atoms. The van der Waals surface area contributed by atoms with Crippen LogP contribution in [0.2, 0.25) is 0 Å². The third-order valence-corrected chi connectivity index (χ3v) is 7.14. The molecule has 3 heterocycles. The number of hydrogen-bond acceptors (Lipinski definition) is 4. The SMILES string of the molecule is Cc1nc2sccn2c(=O)c1CCN1CC2C[C@@H](c3ccc(F)cc3)C2C1. The third-order valence-electron chi connectivity index (χ3n) is 6.38. The lowest BCUT2D eigenvalue weighted by molar-refractivity contribution is 0.191. The summed E-state index contributed by atoms with van der Waals surface area (Å²) < 4.78 is 14.8. The van der Waals surface area contributed by atoms with E-state index in [4.69, 9.17) is 0 Å². The molecule has 1 aromatic carbocycles. The molecule has 3 aromatic rings. The van der Waals surface area contributed by atoms with Crippen molar-refractivity contribution in [2.45, 2.75) is 25.7 Å². The molecule has 0 radical (unpaired) electrons. The Labute approximate surface area is 161 Å². The van der Waals surface area contributed by atoms with Crippen LogP contribution in [0.5, 0.6) is 0 Å². The van der Waals surface area contributed by atoms with Crippen molar-refractivity contribution < 1.29 is 4.39 Å². The molecule has 2 unspecified atom stereocenters. The molecule has 2 fully saturated rings. The van der Waals surface area contributed by atoms with Crippen molar-refractivity contribution >= 4 is 16.3 Å². The zero-order valence-electron chi connectivity index (χ0n) is 15.3. The predicted octanol–water partition coefficient (Wildman–Crippen LogP) is 3.48. The van der Waals surface area contributed by atoms with Crippen molar-refractivity contribution in [3.8, 4) is 0 Å². The molecule has 4 nitrogen and oxygen atoms in total. The highest BCUT2D eigenvalue weighted by atomic mass is 32.1. The monoisotopic (exact) mass is 383 g/mol. The van der Waals surface area contributed by atoms with Crippen LogP contribution in [0.3, 0.4) is 0 Å². The first kappa shape index (κ1) is 17.1. The summed E-state index contributed by atoms with van der Waals surface area (Å²) >= 11 is 1.49. The Morgan fingerprint density at radius 3 is 2.89 bits per heavy atom. The van der Waals surface area contributed by atoms with E-state index in [0.29, 0.717) is 11.8 Å². The smallest absolute Gasteiger partial charge is 0.261 e. The molecule has 0 amide bonds. The molecular formula is C21H22FN3OS. The minimum absolute atomic E-state index is 0.0742. The molecule has 1 aliphatic heterocycles. The van der Waals surface area contributed by atoms with Crippen LogP contribution in [0.1, 0.15) is 29.2 Å². The second-order valence-corrected chi connectivity index (χ2v) is 8.74. The van der Waals surface area contributed by atoms with Crippen molar-refractivity contribution in [3.05, 3.63) is 68.8 Å². The van der Waals surface area contributed by atoms with Gasteiger partial charge in [-0.1, -0.05) is 12.1 Å². The summed E-state index contributed by atoms with van der Waals surface area (Å²) in [4.78, 5) is 20.5. The van der Waals surface area contributed by atoms with Crippen LogP contribution in [0.25, 0.3) is 4.96 Å². The lowest BCUT2D eigenvalue weighted by Gasteiger charge is -2.40. The number of likely N-dealkylation sites (tertiary alicyclic amines) is 1. The van der Waals surface area contributed by atoms with Crippen LogP contribution in [0.4, 0.5) is 4.39 Å².